The van der Waals surface area contributed by atoms with Crippen molar-refractivity contribution in [2.24, 2.45) is 0 Å². The third-order valence-corrected chi connectivity index (χ3v) is 3.71. The predicted molar refractivity (Wildman–Crippen MR) is 102 cm³/mol. The number of methoxy groups -OCH3 is 1. The average molecular weight is 359 g/mol. The molecule has 1 heterocycles. The Morgan fingerprint density at radius 1 is 1.11 bits per heavy atom. The number of para-hydroxylation sites is 2. The molecule has 1 aromatic heterocycles. The van der Waals surface area contributed by atoms with Crippen molar-refractivity contribution in [1.82, 2.24) is 9.97 Å². The van der Waals surface area contributed by atoms with Crippen molar-refractivity contribution < 1.29 is 9.53 Å². The van der Waals surface area contributed by atoms with Crippen molar-refractivity contribution in [1.29, 1.82) is 5.26 Å². The van der Waals surface area contributed by atoms with Gasteiger partial charge in [-0.2, -0.15) is 5.26 Å². The quantitative estimate of drug-likeness (QED) is 0.721. The van der Waals surface area contributed by atoms with E-state index in [4.69, 9.17) is 10.00 Å². The van der Waals surface area contributed by atoms with E-state index < -0.39 is 0 Å². The van der Waals surface area contributed by atoms with Gasteiger partial charge in [-0.1, -0.05) is 12.1 Å². The summed E-state index contributed by atoms with van der Waals surface area (Å²) in [7, 11) is 1.54. The minimum absolute atomic E-state index is 0.226. The van der Waals surface area contributed by atoms with Crippen molar-refractivity contribution >= 4 is 23.2 Å². The Labute approximate surface area is 156 Å². The number of nitriles is 1. The van der Waals surface area contributed by atoms with Gasteiger partial charge in [-0.25, -0.2) is 9.97 Å². The number of carbonyl (C=O) groups is 1. The van der Waals surface area contributed by atoms with Crippen LogP contribution >= 0.6 is 0 Å². The molecular formula is C20H17N5O2. The smallest absolute Gasteiger partial charge is 0.274 e. The largest absolute Gasteiger partial charge is 0.495 e. The normalized spacial score (nSPS) is 9.96. The van der Waals surface area contributed by atoms with E-state index in [9.17, 15) is 4.79 Å². The van der Waals surface area contributed by atoms with Crippen molar-refractivity contribution in [2.45, 2.75) is 6.92 Å². The number of rotatable bonds is 5. The molecule has 134 valence electrons. The molecule has 0 saturated carbocycles. The maximum Gasteiger partial charge on any atom is 0.274 e. The van der Waals surface area contributed by atoms with Gasteiger partial charge in [0, 0.05) is 11.4 Å². The zero-order valence-corrected chi connectivity index (χ0v) is 14.9. The molecule has 0 fully saturated rings. The van der Waals surface area contributed by atoms with Crippen molar-refractivity contribution in [3.8, 4) is 11.8 Å². The lowest BCUT2D eigenvalue weighted by atomic mass is 10.2. The minimum Gasteiger partial charge on any atom is -0.495 e. The Morgan fingerprint density at radius 2 is 1.85 bits per heavy atom. The first-order valence-corrected chi connectivity index (χ1v) is 8.16. The van der Waals surface area contributed by atoms with Gasteiger partial charge in [0.05, 0.1) is 24.4 Å². The number of hydrogen-bond donors (Lipinski definition) is 2. The fraction of sp³-hybridized carbons (Fsp3) is 0.100. The third-order valence-electron chi connectivity index (χ3n) is 3.71. The Kier molecular flexibility index (Phi) is 5.28. The van der Waals surface area contributed by atoms with Crippen molar-refractivity contribution in [2.75, 3.05) is 17.7 Å². The van der Waals surface area contributed by atoms with Gasteiger partial charge in [-0.3, -0.25) is 4.79 Å². The first kappa shape index (κ1) is 17.9. The monoisotopic (exact) mass is 359 g/mol. The zero-order chi connectivity index (χ0) is 19.2. The highest BCUT2D eigenvalue weighted by molar-refractivity contribution is 6.03. The van der Waals surface area contributed by atoms with E-state index in [-0.39, 0.29) is 11.6 Å². The van der Waals surface area contributed by atoms with E-state index in [0.717, 1.165) is 5.69 Å². The summed E-state index contributed by atoms with van der Waals surface area (Å²) in [4.78, 5) is 21.2. The third kappa shape index (κ3) is 4.38. The summed E-state index contributed by atoms with van der Waals surface area (Å²) in [5.74, 6) is 0.491. The molecule has 27 heavy (non-hydrogen) atoms. The Balaban J connectivity index is 1.81. The molecule has 2 aromatic carbocycles. The second-order valence-electron chi connectivity index (χ2n) is 5.69. The molecule has 0 aliphatic carbocycles. The van der Waals surface area contributed by atoms with E-state index in [1.807, 2.05) is 6.07 Å². The lowest BCUT2D eigenvalue weighted by molar-refractivity contribution is 0.102. The highest BCUT2D eigenvalue weighted by Gasteiger charge is 2.13. The van der Waals surface area contributed by atoms with Gasteiger partial charge in [-0.15, -0.1) is 0 Å². The van der Waals surface area contributed by atoms with Crippen LogP contribution in [0.3, 0.4) is 0 Å². The van der Waals surface area contributed by atoms with Gasteiger partial charge in [0.25, 0.3) is 5.91 Å². The molecule has 0 bridgehead atoms. The second-order valence-corrected chi connectivity index (χ2v) is 5.69. The Morgan fingerprint density at radius 3 is 2.56 bits per heavy atom. The molecule has 0 aliphatic heterocycles. The highest BCUT2D eigenvalue weighted by Crippen LogP contribution is 2.23. The van der Waals surface area contributed by atoms with Crippen molar-refractivity contribution in [3.05, 3.63) is 71.5 Å². The summed E-state index contributed by atoms with van der Waals surface area (Å²) in [5, 5.41) is 14.7. The van der Waals surface area contributed by atoms with Gasteiger partial charge in [-0.05, 0) is 49.4 Å². The van der Waals surface area contributed by atoms with Crippen LogP contribution in [0.5, 0.6) is 5.75 Å². The molecule has 2 N–H and O–H groups in total. The maximum absolute atomic E-state index is 12.6. The SMILES string of the molecule is COc1ccccc1NC(=O)c1cc(C)nc(Nc2ccc(C#N)cc2)n1. The molecule has 7 heteroatoms. The molecule has 0 saturated heterocycles. The second kappa shape index (κ2) is 7.97. The summed E-state index contributed by atoms with van der Waals surface area (Å²) < 4.78 is 5.24. The highest BCUT2D eigenvalue weighted by atomic mass is 16.5. The Bertz CT molecular complexity index is 1010. The number of hydrogen-bond acceptors (Lipinski definition) is 6. The number of carbonyl (C=O) groups excluding carboxylic acids is 1. The molecule has 1 amide bonds. The summed E-state index contributed by atoms with van der Waals surface area (Å²) in [5.41, 5.74) is 2.71. The number of ether oxygens (including phenoxy) is 1. The van der Waals surface area contributed by atoms with Gasteiger partial charge in [0.15, 0.2) is 0 Å². The number of aromatic nitrogens is 2. The topological polar surface area (TPSA) is 99.9 Å². The van der Waals surface area contributed by atoms with Crippen LogP contribution < -0.4 is 15.4 Å². The van der Waals surface area contributed by atoms with Gasteiger partial charge in [0.1, 0.15) is 11.4 Å². The van der Waals surface area contributed by atoms with Crippen LogP contribution in [-0.4, -0.2) is 23.0 Å². The summed E-state index contributed by atoms with van der Waals surface area (Å²) >= 11 is 0. The molecule has 7 nitrogen and oxygen atoms in total. The summed E-state index contributed by atoms with van der Waals surface area (Å²) in [6, 6.07) is 17.7. The Hall–Kier alpha value is -3.92. The van der Waals surface area contributed by atoms with Crippen LogP contribution in [0.2, 0.25) is 0 Å². The molecular weight excluding hydrogens is 342 g/mol. The predicted octanol–water partition coefficient (Wildman–Crippen LogP) is 3.66. The molecule has 0 atom stereocenters. The van der Waals surface area contributed by atoms with Crippen LogP contribution in [0.25, 0.3) is 0 Å². The molecule has 0 unspecified atom stereocenters. The molecule has 0 radical (unpaired) electrons. The molecule has 0 aliphatic rings. The first-order chi connectivity index (χ1) is 13.1. The number of amides is 1. The summed E-state index contributed by atoms with van der Waals surface area (Å²) in [6.45, 7) is 1.78. The van der Waals surface area contributed by atoms with Crippen LogP contribution in [0, 0.1) is 18.3 Å². The molecule has 3 aromatic rings. The lowest BCUT2D eigenvalue weighted by Crippen LogP contribution is -2.16. The average Bonchev–Trinajstić information content (AvgIpc) is 2.68. The fourth-order valence-electron chi connectivity index (χ4n) is 2.43. The van der Waals surface area contributed by atoms with E-state index in [1.54, 1.807) is 62.6 Å². The van der Waals surface area contributed by atoms with Gasteiger partial charge < -0.3 is 15.4 Å². The van der Waals surface area contributed by atoms with Crippen LogP contribution in [-0.2, 0) is 0 Å². The number of aryl methyl sites for hydroxylation is 1. The molecule has 0 spiro atoms. The lowest BCUT2D eigenvalue weighted by Gasteiger charge is -2.11. The van der Waals surface area contributed by atoms with Crippen LogP contribution in [0.1, 0.15) is 21.7 Å². The van der Waals surface area contributed by atoms with E-state index >= 15 is 0 Å². The number of nitrogens with zero attached hydrogens (tertiary/aromatic N) is 3. The van der Waals surface area contributed by atoms with E-state index in [1.165, 1.54) is 0 Å². The van der Waals surface area contributed by atoms with Crippen LogP contribution in [0.15, 0.2) is 54.6 Å². The van der Waals surface area contributed by atoms with Crippen LogP contribution in [0.4, 0.5) is 17.3 Å². The van der Waals surface area contributed by atoms with E-state index in [0.29, 0.717) is 28.6 Å². The minimum atomic E-state index is -0.368. The van der Waals surface area contributed by atoms with Crippen molar-refractivity contribution in [3.63, 3.8) is 0 Å². The van der Waals surface area contributed by atoms with Gasteiger partial charge in [0.2, 0.25) is 5.95 Å². The fourth-order valence-corrected chi connectivity index (χ4v) is 2.43. The first-order valence-electron chi connectivity index (χ1n) is 8.16. The van der Waals surface area contributed by atoms with Gasteiger partial charge >= 0.3 is 0 Å². The number of anilines is 3. The van der Waals surface area contributed by atoms with E-state index in [2.05, 4.69) is 26.7 Å². The zero-order valence-electron chi connectivity index (χ0n) is 14.9. The molecule has 3 rings (SSSR count). The number of benzene rings is 2. The standard InChI is InChI=1S/C20H17N5O2/c1-13-11-17(19(26)24-16-5-3-4-6-18(16)27-2)25-20(22-13)23-15-9-7-14(12-21)8-10-15/h3-11H,1-2H3,(H,24,26)(H,22,23,25). The number of nitrogens with one attached hydrogen (secondary N) is 2. The maximum atomic E-state index is 12.6. The summed E-state index contributed by atoms with van der Waals surface area (Å²) in [6.07, 6.45) is 0.